The zero-order chi connectivity index (χ0) is 19.5. The first-order valence-electron chi connectivity index (χ1n) is 7.68. The lowest BCUT2D eigenvalue weighted by atomic mass is 9.95. The van der Waals surface area contributed by atoms with Crippen LogP contribution in [0.25, 0.3) is 0 Å². The SMILES string of the molecule is Cc1cc(OCP(=O)(O)O)cc(C)c1Cc1ccc(N=O)c(S(C)=O)c1. The van der Waals surface area contributed by atoms with Crippen molar-refractivity contribution in [2.45, 2.75) is 25.2 Å². The minimum Gasteiger partial charge on any atom is -0.481 e. The smallest absolute Gasteiger partial charge is 0.362 e. The van der Waals surface area contributed by atoms with E-state index < -0.39 is 24.7 Å². The Morgan fingerprint density at radius 1 is 1.15 bits per heavy atom. The molecule has 0 radical (unpaired) electrons. The molecule has 0 bridgehead atoms. The van der Waals surface area contributed by atoms with Crippen LogP contribution >= 0.6 is 7.60 Å². The Morgan fingerprint density at radius 3 is 2.27 bits per heavy atom. The van der Waals surface area contributed by atoms with Gasteiger partial charge in [-0.25, -0.2) is 0 Å². The highest BCUT2D eigenvalue weighted by molar-refractivity contribution is 7.84. The number of nitroso groups, excluding NO2 is 1. The number of rotatable bonds is 7. The highest BCUT2D eigenvalue weighted by atomic mass is 32.2. The maximum Gasteiger partial charge on any atom is 0.362 e. The topological polar surface area (TPSA) is 113 Å². The fraction of sp³-hybridized carbons (Fsp3) is 0.294. The molecule has 0 aliphatic carbocycles. The zero-order valence-corrected chi connectivity index (χ0v) is 16.3. The second kappa shape index (κ2) is 8.22. The molecule has 0 aliphatic heterocycles. The van der Waals surface area contributed by atoms with E-state index in [2.05, 4.69) is 5.18 Å². The van der Waals surface area contributed by atoms with E-state index in [4.69, 9.17) is 14.5 Å². The van der Waals surface area contributed by atoms with Gasteiger partial charge in [-0.3, -0.25) is 8.77 Å². The van der Waals surface area contributed by atoms with E-state index in [1.807, 2.05) is 13.8 Å². The zero-order valence-electron chi connectivity index (χ0n) is 14.6. The number of hydrogen-bond acceptors (Lipinski definition) is 5. The summed E-state index contributed by atoms with van der Waals surface area (Å²) < 4.78 is 27.9. The first-order chi connectivity index (χ1) is 12.1. The fourth-order valence-electron chi connectivity index (χ4n) is 2.65. The quantitative estimate of drug-likeness (QED) is 0.546. The number of benzene rings is 2. The Balaban J connectivity index is 2.30. The normalized spacial score (nSPS) is 12.7. The molecule has 140 valence electrons. The van der Waals surface area contributed by atoms with Gasteiger partial charge in [0, 0.05) is 6.26 Å². The van der Waals surface area contributed by atoms with Crippen LogP contribution in [-0.4, -0.2) is 26.6 Å². The van der Waals surface area contributed by atoms with Crippen molar-refractivity contribution in [2.75, 3.05) is 12.6 Å². The van der Waals surface area contributed by atoms with Crippen LogP contribution in [0.1, 0.15) is 22.3 Å². The molecule has 0 aliphatic rings. The van der Waals surface area contributed by atoms with Crippen molar-refractivity contribution in [1.82, 2.24) is 0 Å². The first kappa shape index (κ1) is 20.5. The minimum atomic E-state index is -4.24. The third kappa shape index (κ3) is 5.32. The number of ether oxygens (including phenoxy) is 1. The molecule has 0 saturated heterocycles. The second-order valence-corrected chi connectivity index (χ2v) is 8.93. The molecular formula is C17H20NO6PS. The van der Waals surface area contributed by atoms with Gasteiger partial charge < -0.3 is 14.5 Å². The maximum atomic E-state index is 11.8. The Labute approximate surface area is 154 Å². The molecule has 1 atom stereocenters. The molecule has 2 aromatic rings. The molecule has 9 heteroatoms. The molecule has 26 heavy (non-hydrogen) atoms. The lowest BCUT2D eigenvalue weighted by Crippen LogP contribution is -2.02. The van der Waals surface area contributed by atoms with Gasteiger partial charge in [-0.2, -0.15) is 0 Å². The van der Waals surface area contributed by atoms with Crippen LogP contribution in [0.4, 0.5) is 5.69 Å². The van der Waals surface area contributed by atoms with E-state index in [-0.39, 0.29) is 5.69 Å². The molecule has 2 N–H and O–H groups in total. The molecule has 2 aromatic carbocycles. The minimum absolute atomic E-state index is 0.171. The Morgan fingerprint density at radius 2 is 1.77 bits per heavy atom. The van der Waals surface area contributed by atoms with Crippen LogP contribution in [-0.2, 0) is 21.8 Å². The molecule has 0 spiro atoms. The molecule has 0 fully saturated rings. The van der Waals surface area contributed by atoms with Gasteiger partial charge in [-0.05, 0) is 72.0 Å². The van der Waals surface area contributed by atoms with Gasteiger partial charge in [0.25, 0.3) is 0 Å². The van der Waals surface area contributed by atoms with Crippen LogP contribution in [0.5, 0.6) is 5.75 Å². The van der Waals surface area contributed by atoms with Crippen molar-refractivity contribution >= 4 is 24.1 Å². The summed E-state index contributed by atoms with van der Waals surface area (Å²) in [6, 6.07) is 8.48. The lowest BCUT2D eigenvalue weighted by molar-refractivity contribution is 0.300. The van der Waals surface area contributed by atoms with E-state index in [9.17, 15) is 13.7 Å². The van der Waals surface area contributed by atoms with E-state index in [1.165, 1.54) is 6.26 Å². The lowest BCUT2D eigenvalue weighted by Gasteiger charge is -2.14. The van der Waals surface area contributed by atoms with E-state index >= 15 is 0 Å². The number of nitrogens with zero attached hydrogens (tertiary/aromatic N) is 1. The van der Waals surface area contributed by atoms with E-state index in [0.717, 1.165) is 22.3 Å². The summed E-state index contributed by atoms with van der Waals surface area (Å²) >= 11 is 0. The third-order valence-electron chi connectivity index (χ3n) is 3.88. The summed E-state index contributed by atoms with van der Waals surface area (Å²) in [6.07, 6.45) is 1.38. The summed E-state index contributed by atoms with van der Waals surface area (Å²) in [7, 11) is -5.56. The highest BCUT2D eigenvalue weighted by Crippen LogP contribution is 2.35. The van der Waals surface area contributed by atoms with Crippen LogP contribution in [0.15, 0.2) is 40.4 Å². The summed E-state index contributed by atoms with van der Waals surface area (Å²) in [5, 5.41) is 2.90. The summed E-state index contributed by atoms with van der Waals surface area (Å²) in [5.41, 5.74) is 3.89. The van der Waals surface area contributed by atoms with Gasteiger partial charge in [0.15, 0.2) is 6.35 Å². The number of hydrogen-bond donors (Lipinski definition) is 2. The van der Waals surface area contributed by atoms with Crippen molar-refractivity contribution in [2.24, 2.45) is 5.18 Å². The highest BCUT2D eigenvalue weighted by Gasteiger charge is 2.15. The van der Waals surface area contributed by atoms with Crippen molar-refractivity contribution in [3.05, 3.63) is 57.5 Å². The standard InChI is InChI=1S/C17H20NO6PS/c1-11-6-14(24-10-25(20,21)22)7-12(2)15(11)8-13-4-5-16(18-19)17(9-13)26(3)23/h4-7,9H,8,10H2,1-3H3,(H2,20,21,22). The van der Waals surface area contributed by atoms with Crippen molar-refractivity contribution in [3.8, 4) is 5.75 Å². The van der Waals surface area contributed by atoms with Gasteiger partial charge in [-0.1, -0.05) is 6.07 Å². The van der Waals surface area contributed by atoms with Gasteiger partial charge in [0.2, 0.25) is 0 Å². The Bertz CT molecular complexity index is 885. The third-order valence-corrected chi connectivity index (χ3v) is 5.29. The molecule has 0 saturated carbocycles. The van der Waals surface area contributed by atoms with Gasteiger partial charge in [-0.15, -0.1) is 4.91 Å². The predicted octanol–water partition coefficient (Wildman–Crippen LogP) is 3.54. The monoisotopic (exact) mass is 397 g/mol. The molecule has 0 heterocycles. The number of aryl methyl sites for hydroxylation is 2. The predicted molar refractivity (Wildman–Crippen MR) is 100 cm³/mol. The van der Waals surface area contributed by atoms with Crippen LogP contribution in [0, 0.1) is 18.8 Å². The average Bonchev–Trinajstić information content (AvgIpc) is 2.55. The summed E-state index contributed by atoms with van der Waals surface area (Å²) in [6.45, 7) is 3.76. The molecular weight excluding hydrogens is 377 g/mol. The van der Waals surface area contributed by atoms with Gasteiger partial charge >= 0.3 is 7.60 Å². The van der Waals surface area contributed by atoms with E-state index in [0.29, 0.717) is 17.1 Å². The average molecular weight is 397 g/mol. The van der Waals surface area contributed by atoms with Crippen LogP contribution in [0.2, 0.25) is 0 Å². The van der Waals surface area contributed by atoms with Crippen molar-refractivity contribution in [3.63, 3.8) is 0 Å². The summed E-state index contributed by atoms with van der Waals surface area (Å²) in [4.78, 5) is 29.0. The van der Waals surface area contributed by atoms with Crippen LogP contribution in [0.3, 0.4) is 0 Å². The Kier molecular flexibility index (Phi) is 6.47. The second-order valence-electron chi connectivity index (χ2n) is 6.00. The molecule has 0 aromatic heterocycles. The Hall–Kier alpha value is -1.86. The van der Waals surface area contributed by atoms with Crippen LogP contribution < -0.4 is 4.74 Å². The molecule has 2 rings (SSSR count). The van der Waals surface area contributed by atoms with Gasteiger partial charge in [0.1, 0.15) is 11.4 Å². The largest absolute Gasteiger partial charge is 0.481 e. The van der Waals surface area contributed by atoms with E-state index in [1.54, 1.807) is 30.3 Å². The van der Waals surface area contributed by atoms with Crippen molar-refractivity contribution in [1.29, 1.82) is 0 Å². The van der Waals surface area contributed by atoms with Crippen molar-refractivity contribution < 1.29 is 23.3 Å². The summed E-state index contributed by atoms with van der Waals surface area (Å²) in [5.74, 6) is 0.392. The first-order valence-corrected chi connectivity index (χ1v) is 11.0. The molecule has 0 amide bonds. The van der Waals surface area contributed by atoms with Gasteiger partial charge in [0.05, 0.1) is 15.7 Å². The maximum absolute atomic E-state index is 11.8. The molecule has 7 nitrogen and oxygen atoms in total. The fourth-order valence-corrected chi connectivity index (χ4v) is 3.69. The molecule has 1 unspecified atom stereocenters.